The predicted octanol–water partition coefficient (Wildman–Crippen LogP) is 3.85. The fourth-order valence-electron chi connectivity index (χ4n) is 3.45. The van der Waals surface area contributed by atoms with E-state index in [-0.39, 0.29) is 10.9 Å². The van der Waals surface area contributed by atoms with E-state index in [2.05, 4.69) is 20.9 Å². The lowest BCUT2D eigenvalue weighted by Gasteiger charge is -2.37. The molecule has 4 nitrogen and oxygen atoms in total. The number of anilines is 2. The Balaban J connectivity index is 1.59. The van der Waals surface area contributed by atoms with Gasteiger partial charge in [-0.15, -0.1) is 0 Å². The summed E-state index contributed by atoms with van der Waals surface area (Å²) in [5.41, 5.74) is 1.87. The highest BCUT2D eigenvalue weighted by Crippen LogP contribution is 2.31. The van der Waals surface area contributed by atoms with Crippen LogP contribution in [0, 0.1) is 11.6 Å². The van der Waals surface area contributed by atoms with E-state index in [9.17, 15) is 8.78 Å². The van der Waals surface area contributed by atoms with Crippen molar-refractivity contribution in [3.8, 4) is 5.75 Å². The van der Waals surface area contributed by atoms with Crippen LogP contribution < -0.4 is 14.5 Å². The van der Waals surface area contributed by atoms with E-state index in [0.29, 0.717) is 18.8 Å². The van der Waals surface area contributed by atoms with E-state index >= 15 is 0 Å². The van der Waals surface area contributed by atoms with E-state index in [1.165, 1.54) is 6.20 Å². The average Bonchev–Trinajstić information content (AvgIpc) is 2.70. The SMILES string of the molecule is COc1cccc(N2CCN(c3ccnc4c(F)ccc(F)c34)CC2)c1. The number of nitrogens with zero attached hydrogens (tertiary/aromatic N) is 3. The van der Waals surface area contributed by atoms with Crippen molar-refractivity contribution in [2.75, 3.05) is 43.1 Å². The zero-order chi connectivity index (χ0) is 18.1. The van der Waals surface area contributed by atoms with Gasteiger partial charge in [-0.2, -0.15) is 0 Å². The number of aromatic nitrogens is 1. The first kappa shape index (κ1) is 16.6. The molecule has 2 heterocycles. The number of hydrogen-bond acceptors (Lipinski definition) is 4. The lowest BCUT2D eigenvalue weighted by atomic mass is 10.1. The Labute approximate surface area is 150 Å². The fourth-order valence-corrected chi connectivity index (χ4v) is 3.45. The third kappa shape index (κ3) is 2.92. The van der Waals surface area contributed by atoms with Crippen LogP contribution in [0.5, 0.6) is 5.75 Å². The van der Waals surface area contributed by atoms with Gasteiger partial charge in [-0.1, -0.05) is 6.07 Å². The summed E-state index contributed by atoms with van der Waals surface area (Å²) < 4.78 is 33.6. The van der Waals surface area contributed by atoms with Gasteiger partial charge >= 0.3 is 0 Å². The Bertz CT molecular complexity index is 939. The van der Waals surface area contributed by atoms with E-state index in [1.807, 2.05) is 18.2 Å². The predicted molar refractivity (Wildman–Crippen MR) is 99.1 cm³/mol. The molecule has 0 N–H and O–H groups in total. The molecule has 0 spiro atoms. The number of piperazine rings is 1. The molecule has 1 aromatic heterocycles. The van der Waals surface area contributed by atoms with Gasteiger partial charge in [-0.3, -0.25) is 4.98 Å². The molecule has 2 aromatic carbocycles. The van der Waals surface area contributed by atoms with Crippen LogP contribution in [0.25, 0.3) is 10.9 Å². The third-order valence-electron chi connectivity index (χ3n) is 4.81. The van der Waals surface area contributed by atoms with Crippen LogP contribution in [-0.4, -0.2) is 38.3 Å². The molecule has 3 aromatic rings. The summed E-state index contributed by atoms with van der Waals surface area (Å²) in [7, 11) is 1.65. The molecule has 26 heavy (non-hydrogen) atoms. The lowest BCUT2D eigenvalue weighted by Crippen LogP contribution is -2.46. The molecular formula is C20H19F2N3O. The molecule has 0 atom stereocenters. The second-order valence-electron chi connectivity index (χ2n) is 6.26. The maximum atomic E-state index is 14.3. The van der Waals surface area contributed by atoms with Crippen molar-refractivity contribution in [1.82, 2.24) is 4.98 Å². The van der Waals surface area contributed by atoms with Gasteiger partial charge in [0, 0.05) is 44.1 Å². The molecule has 1 aliphatic heterocycles. The van der Waals surface area contributed by atoms with Crippen LogP contribution in [0.3, 0.4) is 0 Å². The minimum absolute atomic E-state index is 0.0812. The highest BCUT2D eigenvalue weighted by Gasteiger charge is 2.21. The molecule has 0 unspecified atom stereocenters. The first-order valence-electron chi connectivity index (χ1n) is 8.54. The van der Waals surface area contributed by atoms with E-state index < -0.39 is 11.6 Å². The van der Waals surface area contributed by atoms with Gasteiger partial charge in [-0.05, 0) is 30.3 Å². The van der Waals surface area contributed by atoms with Crippen LogP contribution in [0.2, 0.25) is 0 Å². The van der Waals surface area contributed by atoms with Crippen molar-refractivity contribution in [1.29, 1.82) is 0 Å². The molecule has 0 radical (unpaired) electrons. The molecule has 0 saturated carbocycles. The van der Waals surface area contributed by atoms with Crippen molar-refractivity contribution in [2.24, 2.45) is 0 Å². The first-order chi connectivity index (χ1) is 12.7. The van der Waals surface area contributed by atoms with Gasteiger partial charge in [0.2, 0.25) is 0 Å². The quantitative estimate of drug-likeness (QED) is 0.714. The summed E-state index contributed by atoms with van der Waals surface area (Å²) in [6, 6.07) is 12.0. The fraction of sp³-hybridized carbons (Fsp3) is 0.250. The summed E-state index contributed by atoms with van der Waals surface area (Å²) in [4.78, 5) is 8.36. The molecule has 1 aliphatic rings. The summed E-state index contributed by atoms with van der Waals surface area (Å²) in [5, 5.41) is 0.252. The maximum absolute atomic E-state index is 14.3. The zero-order valence-corrected chi connectivity index (χ0v) is 14.5. The number of ether oxygens (including phenoxy) is 1. The second kappa shape index (κ2) is 6.78. The van der Waals surface area contributed by atoms with Gasteiger partial charge in [-0.25, -0.2) is 8.78 Å². The molecule has 1 fully saturated rings. The van der Waals surface area contributed by atoms with Crippen molar-refractivity contribution in [3.05, 3.63) is 60.3 Å². The number of pyridine rings is 1. The first-order valence-corrected chi connectivity index (χ1v) is 8.54. The van der Waals surface area contributed by atoms with E-state index in [1.54, 1.807) is 13.2 Å². The smallest absolute Gasteiger partial charge is 0.149 e. The number of halogens is 2. The number of rotatable bonds is 3. The molecule has 0 amide bonds. The van der Waals surface area contributed by atoms with Crippen LogP contribution in [0.1, 0.15) is 0 Å². The Hall–Kier alpha value is -2.89. The van der Waals surface area contributed by atoms with E-state index in [4.69, 9.17) is 4.74 Å². The minimum atomic E-state index is -0.502. The Morgan fingerprint density at radius 2 is 1.65 bits per heavy atom. The Morgan fingerprint density at radius 3 is 2.42 bits per heavy atom. The van der Waals surface area contributed by atoms with Crippen LogP contribution >= 0.6 is 0 Å². The summed E-state index contributed by atoms with van der Waals surface area (Å²) in [5.74, 6) is -0.124. The molecule has 1 saturated heterocycles. The number of fused-ring (bicyclic) bond motifs is 1. The van der Waals surface area contributed by atoms with Gasteiger partial charge in [0.15, 0.2) is 0 Å². The molecule has 4 rings (SSSR count). The van der Waals surface area contributed by atoms with Gasteiger partial charge in [0.25, 0.3) is 0 Å². The monoisotopic (exact) mass is 355 g/mol. The van der Waals surface area contributed by atoms with Crippen LogP contribution in [0.4, 0.5) is 20.2 Å². The van der Waals surface area contributed by atoms with Gasteiger partial charge < -0.3 is 14.5 Å². The summed E-state index contributed by atoms with van der Waals surface area (Å²) in [6.07, 6.45) is 1.54. The summed E-state index contributed by atoms with van der Waals surface area (Å²) >= 11 is 0. The minimum Gasteiger partial charge on any atom is -0.497 e. The maximum Gasteiger partial charge on any atom is 0.149 e. The number of benzene rings is 2. The summed E-state index contributed by atoms with van der Waals surface area (Å²) in [6.45, 7) is 3.00. The largest absolute Gasteiger partial charge is 0.497 e. The van der Waals surface area contributed by atoms with Gasteiger partial charge in [0.1, 0.15) is 22.9 Å². The third-order valence-corrected chi connectivity index (χ3v) is 4.81. The lowest BCUT2D eigenvalue weighted by molar-refractivity contribution is 0.414. The molecule has 0 bridgehead atoms. The Kier molecular flexibility index (Phi) is 4.32. The highest BCUT2D eigenvalue weighted by molar-refractivity contribution is 5.92. The molecule has 0 aliphatic carbocycles. The molecule has 6 heteroatoms. The number of methoxy groups -OCH3 is 1. The van der Waals surface area contributed by atoms with Crippen molar-refractivity contribution in [2.45, 2.75) is 0 Å². The van der Waals surface area contributed by atoms with Crippen molar-refractivity contribution in [3.63, 3.8) is 0 Å². The standard InChI is InChI=1S/C20H19F2N3O/c1-26-15-4-2-3-14(13-15)24-9-11-25(12-10-24)18-7-8-23-20-17(22)6-5-16(21)19(18)20/h2-8,13H,9-12H2,1H3. The highest BCUT2D eigenvalue weighted by atomic mass is 19.1. The molecule has 134 valence electrons. The molecular weight excluding hydrogens is 336 g/mol. The van der Waals surface area contributed by atoms with Crippen LogP contribution in [-0.2, 0) is 0 Å². The topological polar surface area (TPSA) is 28.6 Å². The van der Waals surface area contributed by atoms with Crippen molar-refractivity contribution < 1.29 is 13.5 Å². The number of hydrogen-bond donors (Lipinski definition) is 0. The van der Waals surface area contributed by atoms with E-state index in [0.717, 1.165) is 36.7 Å². The average molecular weight is 355 g/mol. The normalized spacial score (nSPS) is 14.7. The second-order valence-corrected chi connectivity index (χ2v) is 6.26. The Morgan fingerprint density at radius 1 is 0.923 bits per heavy atom. The van der Waals surface area contributed by atoms with Gasteiger partial charge in [0.05, 0.1) is 18.2 Å². The zero-order valence-electron chi connectivity index (χ0n) is 14.5. The van der Waals surface area contributed by atoms with Crippen LogP contribution in [0.15, 0.2) is 48.7 Å². The van der Waals surface area contributed by atoms with Crippen molar-refractivity contribution >= 4 is 22.3 Å².